The molecule has 2 aromatic rings. The second-order valence-corrected chi connectivity index (χ2v) is 4.69. The molecule has 0 amide bonds. The lowest BCUT2D eigenvalue weighted by molar-refractivity contribution is 0.338. The Hall–Kier alpha value is -1.78. The van der Waals surface area contributed by atoms with Crippen LogP contribution < -0.4 is 15.2 Å². The molecule has 4 nitrogen and oxygen atoms in total. The highest BCUT2D eigenvalue weighted by Crippen LogP contribution is 2.31. The van der Waals surface area contributed by atoms with Crippen LogP contribution in [0.4, 0.5) is 0 Å². The van der Waals surface area contributed by atoms with Gasteiger partial charge >= 0.3 is 0 Å². The molecule has 0 spiro atoms. The number of rotatable bonds is 5. The molecule has 0 aliphatic rings. The van der Waals surface area contributed by atoms with Crippen molar-refractivity contribution in [1.82, 2.24) is 4.98 Å². The van der Waals surface area contributed by atoms with Gasteiger partial charge in [0, 0.05) is 16.8 Å². The van der Waals surface area contributed by atoms with Gasteiger partial charge in [0.25, 0.3) is 0 Å². The van der Waals surface area contributed by atoms with Gasteiger partial charge in [-0.2, -0.15) is 0 Å². The molecule has 1 atom stereocenters. The number of aromatic nitrogens is 1. The van der Waals surface area contributed by atoms with Crippen LogP contribution in [0.2, 0.25) is 5.02 Å². The summed E-state index contributed by atoms with van der Waals surface area (Å²) in [5, 5.41) is 0.616. The molecule has 2 rings (SSSR count). The third kappa shape index (κ3) is 3.21. The molecule has 1 heterocycles. The van der Waals surface area contributed by atoms with E-state index in [2.05, 4.69) is 4.98 Å². The molecule has 106 valence electrons. The van der Waals surface area contributed by atoms with E-state index >= 15 is 0 Å². The normalized spacial score (nSPS) is 12.0. The Morgan fingerprint density at radius 2 is 2.10 bits per heavy atom. The zero-order chi connectivity index (χ0) is 14.5. The molecule has 5 heteroatoms. The second kappa shape index (κ2) is 6.59. The van der Waals surface area contributed by atoms with Crippen LogP contribution in [0, 0.1) is 0 Å². The number of nitrogens with two attached hydrogens (primary N) is 1. The van der Waals surface area contributed by atoms with E-state index in [1.807, 2.05) is 13.0 Å². The minimum absolute atomic E-state index is 0.378. The molecule has 0 saturated carbocycles. The van der Waals surface area contributed by atoms with Gasteiger partial charge < -0.3 is 15.2 Å². The smallest absolute Gasteiger partial charge is 0.137 e. The summed E-state index contributed by atoms with van der Waals surface area (Å²) < 4.78 is 10.8. The fourth-order valence-corrected chi connectivity index (χ4v) is 2.16. The summed E-state index contributed by atoms with van der Waals surface area (Å²) in [4.78, 5) is 4.15. The van der Waals surface area contributed by atoms with Crippen LogP contribution in [0.15, 0.2) is 36.7 Å². The van der Waals surface area contributed by atoms with E-state index in [0.29, 0.717) is 23.1 Å². The van der Waals surface area contributed by atoms with Crippen LogP contribution in [0.1, 0.15) is 24.1 Å². The van der Waals surface area contributed by atoms with Gasteiger partial charge in [0.2, 0.25) is 0 Å². The van der Waals surface area contributed by atoms with Crippen molar-refractivity contribution in [3.8, 4) is 11.5 Å². The second-order valence-electron chi connectivity index (χ2n) is 4.25. The first-order valence-electron chi connectivity index (χ1n) is 6.32. The molecule has 0 bridgehead atoms. The Morgan fingerprint density at radius 1 is 1.30 bits per heavy atom. The van der Waals surface area contributed by atoms with Gasteiger partial charge in [-0.15, -0.1) is 0 Å². The van der Waals surface area contributed by atoms with Crippen molar-refractivity contribution in [2.24, 2.45) is 5.73 Å². The monoisotopic (exact) mass is 292 g/mol. The molecule has 0 aliphatic heterocycles. The summed E-state index contributed by atoms with van der Waals surface area (Å²) in [5.41, 5.74) is 7.95. The Labute approximate surface area is 123 Å². The Balaban J connectivity index is 2.37. The van der Waals surface area contributed by atoms with E-state index in [0.717, 1.165) is 11.1 Å². The van der Waals surface area contributed by atoms with E-state index in [-0.39, 0.29) is 6.04 Å². The van der Waals surface area contributed by atoms with E-state index in [1.54, 1.807) is 37.7 Å². The maximum absolute atomic E-state index is 6.29. The quantitative estimate of drug-likeness (QED) is 0.919. The summed E-state index contributed by atoms with van der Waals surface area (Å²) in [6.07, 6.45) is 3.38. The van der Waals surface area contributed by atoms with E-state index in [9.17, 15) is 0 Å². The van der Waals surface area contributed by atoms with Crippen molar-refractivity contribution in [2.75, 3.05) is 13.7 Å². The Bertz CT molecular complexity index is 590. The fraction of sp³-hybridized carbons (Fsp3) is 0.267. The number of halogens is 1. The van der Waals surface area contributed by atoms with E-state index in [4.69, 9.17) is 26.8 Å². The molecule has 1 aromatic carbocycles. The first-order valence-corrected chi connectivity index (χ1v) is 6.70. The molecule has 0 saturated heterocycles. The summed E-state index contributed by atoms with van der Waals surface area (Å²) in [6.45, 7) is 2.51. The standard InChI is InChI=1S/C15H17ClN2O2/c1-3-20-12-6-10(8-18-9-12)15(17)13-7-11(16)4-5-14(13)19-2/h4-9,15H,3,17H2,1-2H3. The average molecular weight is 293 g/mol. The predicted octanol–water partition coefficient (Wildman–Crippen LogP) is 3.19. The van der Waals surface area contributed by atoms with E-state index < -0.39 is 0 Å². The number of nitrogens with zero attached hydrogens (tertiary/aromatic N) is 1. The highest BCUT2D eigenvalue weighted by molar-refractivity contribution is 6.30. The topological polar surface area (TPSA) is 57.4 Å². The molecule has 0 aliphatic carbocycles. The van der Waals surface area contributed by atoms with Gasteiger partial charge in [0.15, 0.2) is 0 Å². The van der Waals surface area contributed by atoms with Crippen LogP contribution >= 0.6 is 11.6 Å². The van der Waals surface area contributed by atoms with Gasteiger partial charge in [-0.3, -0.25) is 4.98 Å². The van der Waals surface area contributed by atoms with Crippen molar-refractivity contribution in [2.45, 2.75) is 13.0 Å². The zero-order valence-corrected chi connectivity index (χ0v) is 12.2. The van der Waals surface area contributed by atoms with Crippen LogP contribution in [-0.2, 0) is 0 Å². The lowest BCUT2D eigenvalue weighted by Gasteiger charge is -2.17. The third-order valence-electron chi connectivity index (χ3n) is 2.93. The van der Waals surface area contributed by atoms with Crippen molar-refractivity contribution < 1.29 is 9.47 Å². The van der Waals surface area contributed by atoms with E-state index in [1.165, 1.54) is 0 Å². The largest absolute Gasteiger partial charge is 0.496 e. The number of pyridine rings is 1. The maximum atomic E-state index is 6.29. The molecule has 0 radical (unpaired) electrons. The Morgan fingerprint density at radius 3 is 2.80 bits per heavy atom. The van der Waals surface area contributed by atoms with Crippen molar-refractivity contribution in [1.29, 1.82) is 0 Å². The lowest BCUT2D eigenvalue weighted by atomic mass is 10.00. The van der Waals surface area contributed by atoms with Gasteiger partial charge in [0.1, 0.15) is 11.5 Å². The number of hydrogen-bond acceptors (Lipinski definition) is 4. The molecule has 1 unspecified atom stereocenters. The Kier molecular flexibility index (Phi) is 4.82. The van der Waals surface area contributed by atoms with Crippen molar-refractivity contribution in [3.05, 3.63) is 52.8 Å². The minimum Gasteiger partial charge on any atom is -0.496 e. The molecule has 0 fully saturated rings. The number of methoxy groups -OCH3 is 1. The maximum Gasteiger partial charge on any atom is 0.137 e. The number of benzene rings is 1. The van der Waals surface area contributed by atoms with Gasteiger partial charge in [0.05, 0.1) is 26.0 Å². The summed E-state index contributed by atoms with van der Waals surface area (Å²) >= 11 is 6.03. The number of ether oxygens (including phenoxy) is 2. The number of hydrogen-bond donors (Lipinski definition) is 1. The fourth-order valence-electron chi connectivity index (χ4n) is 1.98. The highest BCUT2D eigenvalue weighted by atomic mass is 35.5. The lowest BCUT2D eigenvalue weighted by Crippen LogP contribution is -2.13. The first kappa shape index (κ1) is 14.6. The van der Waals surface area contributed by atoms with Gasteiger partial charge in [-0.05, 0) is 36.8 Å². The van der Waals surface area contributed by atoms with Gasteiger partial charge in [-0.25, -0.2) is 0 Å². The van der Waals surface area contributed by atoms with Crippen LogP contribution in [0.3, 0.4) is 0 Å². The van der Waals surface area contributed by atoms with Crippen LogP contribution in [-0.4, -0.2) is 18.7 Å². The molecule has 1 aromatic heterocycles. The molecule has 20 heavy (non-hydrogen) atoms. The van der Waals surface area contributed by atoms with Gasteiger partial charge in [-0.1, -0.05) is 11.6 Å². The summed E-state index contributed by atoms with van der Waals surface area (Å²) in [7, 11) is 1.61. The minimum atomic E-state index is -0.378. The molecule has 2 N–H and O–H groups in total. The van der Waals surface area contributed by atoms with Crippen LogP contribution in [0.25, 0.3) is 0 Å². The van der Waals surface area contributed by atoms with Crippen LogP contribution in [0.5, 0.6) is 11.5 Å². The SMILES string of the molecule is CCOc1cncc(C(N)c2cc(Cl)ccc2OC)c1. The third-order valence-corrected chi connectivity index (χ3v) is 3.17. The van der Waals surface area contributed by atoms with Crippen molar-refractivity contribution >= 4 is 11.6 Å². The summed E-state index contributed by atoms with van der Waals surface area (Å²) in [5.74, 6) is 1.39. The van der Waals surface area contributed by atoms with Crippen molar-refractivity contribution in [3.63, 3.8) is 0 Å². The molecular formula is C15H17ClN2O2. The summed E-state index contributed by atoms with van der Waals surface area (Å²) in [6, 6.07) is 6.87. The molecular weight excluding hydrogens is 276 g/mol. The average Bonchev–Trinajstić information content (AvgIpc) is 2.47. The first-order chi connectivity index (χ1) is 9.65. The zero-order valence-electron chi connectivity index (χ0n) is 11.5. The predicted molar refractivity (Wildman–Crippen MR) is 79.4 cm³/mol. The highest BCUT2D eigenvalue weighted by Gasteiger charge is 2.15.